The molecule has 32 heavy (non-hydrogen) atoms. The molecule has 0 amide bonds. The van der Waals surface area contributed by atoms with Gasteiger partial charge in [-0.1, -0.05) is 6.07 Å². The molecule has 0 saturated heterocycles. The molecule has 0 fully saturated rings. The first-order valence-electron chi connectivity index (χ1n) is 8.57. The molecule has 0 radical (unpaired) electrons. The summed E-state index contributed by atoms with van der Waals surface area (Å²) in [6.07, 6.45) is 2.38. The summed E-state index contributed by atoms with van der Waals surface area (Å²) < 4.78 is 81.2. The van der Waals surface area contributed by atoms with Gasteiger partial charge in [0.1, 0.15) is 0 Å². The Morgan fingerprint density at radius 1 is 1.00 bits per heavy atom. The number of nitrogens with one attached hydrogen (secondary N) is 3. The molecule has 6 N–H and O–H groups in total. The largest absolute Gasteiger partial charge is 0.425 e. The highest BCUT2D eigenvalue weighted by molar-refractivity contribution is 7.88. The maximum absolute atomic E-state index is 11.2. The predicted octanol–water partition coefficient (Wildman–Crippen LogP) is -0.819. The van der Waals surface area contributed by atoms with Crippen molar-refractivity contribution < 1.29 is 34.0 Å². The van der Waals surface area contributed by atoms with Crippen LogP contribution in [0.3, 0.4) is 0 Å². The molecule has 2 aromatic rings. The lowest BCUT2D eigenvalue weighted by Crippen LogP contribution is -2.23. The third kappa shape index (κ3) is 12.1. The molecule has 1 aromatic heterocycles. The van der Waals surface area contributed by atoms with Crippen LogP contribution in [0.5, 0.6) is 0 Å². The van der Waals surface area contributed by atoms with E-state index in [1.807, 2.05) is 0 Å². The van der Waals surface area contributed by atoms with E-state index in [0.717, 1.165) is 6.26 Å². The van der Waals surface area contributed by atoms with Gasteiger partial charge in [0.15, 0.2) is 0 Å². The summed E-state index contributed by atoms with van der Waals surface area (Å²) in [5.74, 6) is 0.239. The molecule has 0 saturated carbocycles. The molecule has 0 aliphatic rings. The maximum Gasteiger partial charge on any atom is 0.425 e. The smallest absolute Gasteiger partial charge is 0.368 e. The van der Waals surface area contributed by atoms with Gasteiger partial charge in [-0.05, 0) is 31.0 Å². The number of aromatic nitrogens is 3. The number of nitrogens with two attached hydrogens (primary N) is 1. The number of sulfonamides is 1. The van der Waals surface area contributed by atoms with E-state index in [2.05, 4.69) is 30.3 Å². The first-order valence-corrected chi connectivity index (χ1v) is 12.9. The van der Waals surface area contributed by atoms with E-state index < -0.39 is 30.8 Å². The molecule has 1 heterocycles. The van der Waals surface area contributed by atoms with Crippen molar-refractivity contribution in [3.8, 4) is 0 Å². The fourth-order valence-corrected chi connectivity index (χ4v) is 3.14. The second-order valence-electron chi connectivity index (χ2n) is 5.97. The van der Waals surface area contributed by atoms with Crippen LogP contribution in [0.2, 0.25) is 0 Å². The van der Waals surface area contributed by atoms with Gasteiger partial charge in [0.2, 0.25) is 27.9 Å². The van der Waals surface area contributed by atoms with Crippen molar-refractivity contribution >= 4 is 54.3 Å². The molecule has 15 nitrogen and oxygen atoms in total. The van der Waals surface area contributed by atoms with Crippen molar-refractivity contribution in [2.45, 2.75) is 17.7 Å². The summed E-state index contributed by atoms with van der Waals surface area (Å²) in [7, 11) is -10.6. The fraction of sp³-hybridized carbons (Fsp3) is 0.357. The van der Waals surface area contributed by atoms with E-state index in [0.29, 0.717) is 31.6 Å². The number of anilines is 4. The van der Waals surface area contributed by atoms with Crippen LogP contribution in [0, 0.1) is 0 Å². The van der Waals surface area contributed by atoms with E-state index in [4.69, 9.17) is 22.9 Å². The number of nitrogens with zero attached hydrogens (tertiary/aromatic N) is 3. The molecule has 18 heteroatoms. The topological polar surface area (TPSA) is 240 Å². The van der Waals surface area contributed by atoms with Crippen molar-refractivity contribution in [2.75, 3.05) is 35.7 Å². The van der Waals surface area contributed by atoms with E-state index in [9.17, 15) is 16.8 Å². The van der Waals surface area contributed by atoms with E-state index in [-0.39, 0.29) is 22.7 Å². The number of nitrogen functional groups attached to an aromatic ring is 1. The molecule has 0 atom stereocenters. The lowest BCUT2D eigenvalue weighted by molar-refractivity contribution is 0.483. The van der Waals surface area contributed by atoms with Crippen molar-refractivity contribution in [1.82, 2.24) is 19.7 Å². The number of hydrogen-bond donors (Lipinski definition) is 5. The number of rotatable bonds is 10. The second-order valence-corrected chi connectivity index (χ2v) is 9.64. The van der Waals surface area contributed by atoms with Crippen LogP contribution in [0.25, 0.3) is 0 Å². The van der Waals surface area contributed by atoms with Crippen LogP contribution in [-0.4, -0.2) is 68.3 Å². The van der Waals surface area contributed by atoms with Gasteiger partial charge in [-0.2, -0.15) is 23.4 Å². The van der Waals surface area contributed by atoms with Gasteiger partial charge in [-0.15, -0.1) is 12.6 Å². The van der Waals surface area contributed by atoms with Gasteiger partial charge in [-0.3, -0.25) is 4.55 Å². The zero-order valence-corrected chi connectivity index (χ0v) is 19.0. The molecule has 0 bridgehead atoms. The Bertz CT molecular complexity index is 1230. The van der Waals surface area contributed by atoms with Crippen molar-refractivity contribution in [3.63, 3.8) is 0 Å². The van der Waals surface area contributed by atoms with Gasteiger partial charge < -0.3 is 16.4 Å². The standard InChI is InChI=1S/C14H21N7O5S2.O3S/c1-27(22,23)17-8-3-2-7-16-13-19-12(15)20-14(21-13)18-10-5-4-6-11(9-10)28(24,25)26;1-4(2)3/h4-6,9,17H,2-3,7-8H2,1H3,(H,24,25,26)(H4,15,16,18,19,20,21);. The average molecular weight is 512 g/mol. The van der Waals surface area contributed by atoms with Crippen molar-refractivity contribution in [3.05, 3.63) is 24.3 Å². The third-order valence-electron chi connectivity index (χ3n) is 3.29. The van der Waals surface area contributed by atoms with Gasteiger partial charge in [0.05, 0.1) is 11.2 Å². The monoisotopic (exact) mass is 511 g/mol. The first-order chi connectivity index (χ1) is 14.8. The molecule has 0 spiro atoms. The normalized spacial score (nSPS) is 11.2. The summed E-state index contributed by atoms with van der Waals surface area (Å²) in [6.45, 7) is 0.809. The summed E-state index contributed by atoms with van der Waals surface area (Å²) in [5, 5.41) is 5.74. The maximum atomic E-state index is 11.2. The highest BCUT2D eigenvalue weighted by Crippen LogP contribution is 2.19. The third-order valence-corrected chi connectivity index (χ3v) is 4.87. The lowest BCUT2D eigenvalue weighted by atomic mass is 10.3. The number of benzene rings is 1. The molecular weight excluding hydrogens is 490 g/mol. The fourth-order valence-electron chi connectivity index (χ4n) is 2.10. The predicted molar refractivity (Wildman–Crippen MR) is 114 cm³/mol. The molecular formula is C14H21N7O8S3. The first kappa shape index (κ1) is 27.1. The molecule has 0 unspecified atom stereocenters. The second kappa shape index (κ2) is 12.2. The molecule has 1 aromatic carbocycles. The molecule has 0 aliphatic heterocycles. The summed E-state index contributed by atoms with van der Waals surface area (Å²) in [4.78, 5) is 11.7. The Labute approximate surface area is 185 Å². The Morgan fingerprint density at radius 3 is 2.19 bits per heavy atom. The SMILES string of the molecule is CS(=O)(=O)NCCCCNc1nc(N)nc(Nc2cccc(S(=O)(=O)O)c2)n1.O=S(=O)=O. The van der Waals surface area contributed by atoms with Crippen molar-refractivity contribution in [1.29, 1.82) is 0 Å². The zero-order valence-electron chi connectivity index (χ0n) is 16.6. The van der Waals surface area contributed by atoms with Gasteiger partial charge in [-0.25, -0.2) is 13.1 Å². The summed E-state index contributed by atoms with van der Waals surface area (Å²) >= 11 is 0. The highest BCUT2D eigenvalue weighted by atomic mass is 32.2. The summed E-state index contributed by atoms with van der Waals surface area (Å²) in [6, 6.07) is 5.47. The Kier molecular flexibility index (Phi) is 10.3. The van der Waals surface area contributed by atoms with E-state index in [1.165, 1.54) is 18.2 Å². The van der Waals surface area contributed by atoms with Gasteiger partial charge >= 0.3 is 10.6 Å². The minimum atomic E-state index is -4.34. The highest BCUT2D eigenvalue weighted by Gasteiger charge is 2.11. The van der Waals surface area contributed by atoms with Crippen LogP contribution >= 0.6 is 0 Å². The van der Waals surface area contributed by atoms with E-state index >= 15 is 0 Å². The van der Waals surface area contributed by atoms with Crippen LogP contribution < -0.4 is 21.1 Å². The van der Waals surface area contributed by atoms with Gasteiger partial charge in [0.25, 0.3) is 10.1 Å². The van der Waals surface area contributed by atoms with Crippen LogP contribution in [0.1, 0.15) is 12.8 Å². The van der Waals surface area contributed by atoms with E-state index in [1.54, 1.807) is 6.07 Å². The quantitative estimate of drug-likeness (QED) is 0.193. The van der Waals surface area contributed by atoms with Crippen LogP contribution in [0.4, 0.5) is 23.5 Å². The molecule has 2 rings (SSSR count). The lowest BCUT2D eigenvalue weighted by Gasteiger charge is -2.09. The Morgan fingerprint density at radius 2 is 1.59 bits per heavy atom. The number of hydrogen-bond acceptors (Lipinski definition) is 13. The Hall–Kier alpha value is -2.93. The van der Waals surface area contributed by atoms with Crippen LogP contribution in [0.15, 0.2) is 29.2 Å². The van der Waals surface area contributed by atoms with Gasteiger partial charge in [0, 0.05) is 18.8 Å². The summed E-state index contributed by atoms with van der Waals surface area (Å²) in [5.41, 5.74) is 5.99. The Balaban J connectivity index is 0.00000118. The van der Waals surface area contributed by atoms with Crippen molar-refractivity contribution in [2.24, 2.45) is 0 Å². The number of unbranched alkanes of at least 4 members (excludes halogenated alkanes) is 1. The average Bonchev–Trinajstić information content (AvgIpc) is 2.62. The molecule has 178 valence electrons. The van der Waals surface area contributed by atoms with Crippen LogP contribution in [-0.2, 0) is 30.8 Å². The minimum absolute atomic E-state index is 0.0512. The molecule has 0 aliphatic carbocycles. The zero-order chi connectivity index (χ0) is 24.4. The minimum Gasteiger partial charge on any atom is -0.368 e.